The molecular formula is C11H13NO4. The van der Waals surface area contributed by atoms with Crippen LogP contribution in [0.5, 0.6) is 0 Å². The van der Waals surface area contributed by atoms with Gasteiger partial charge in [0.15, 0.2) is 0 Å². The van der Waals surface area contributed by atoms with Crippen LogP contribution in [0.2, 0.25) is 0 Å². The maximum absolute atomic E-state index is 11.6. The third kappa shape index (κ3) is 2.06. The van der Waals surface area contributed by atoms with Crippen molar-refractivity contribution in [3.63, 3.8) is 0 Å². The van der Waals surface area contributed by atoms with Crippen LogP contribution in [-0.2, 0) is 19.1 Å². The van der Waals surface area contributed by atoms with Crippen LogP contribution in [0.4, 0.5) is 0 Å². The van der Waals surface area contributed by atoms with E-state index in [2.05, 4.69) is 9.47 Å². The zero-order chi connectivity index (χ0) is 12.2. The van der Waals surface area contributed by atoms with Crippen LogP contribution in [0, 0.1) is 16.7 Å². The van der Waals surface area contributed by atoms with Crippen LogP contribution in [0.3, 0.4) is 0 Å². The van der Waals surface area contributed by atoms with Crippen molar-refractivity contribution >= 4 is 11.9 Å². The SMILES string of the molecule is COC(=O)C(C#N)=CC1(C(=O)OC)CCC1. The van der Waals surface area contributed by atoms with Crippen molar-refractivity contribution in [2.45, 2.75) is 19.3 Å². The first-order chi connectivity index (χ1) is 7.59. The predicted molar refractivity (Wildman–Crippen MR) is 54.0 cm³/mol. The largest absolute Gasteiger partial charge is 0.468 e. The van der Waals surface area contributed by atoms with Crippen molar-refractivity contribution in [3.8, 4) is 6.07 Å². The average Bonchev–Trinajstić information content (AvgIpc) is 2.26. The van der Waals surface area contributed by atoms with Crippen LogP contribution in [0.25, 0.3) is 0 Å². The van der Waals surface area contributed by atoms with E-state index >= 15 is 0 Å². The lowest BCUT2D eigenvalue weighted by Gasteiger charge is -2.36. The molecule has 0 N–H and O–H groups in total. The van der Waals surface area contributed by atoms with Crippen molar-refractivity contribution in [3.05, 3.63) is 11.6 Å². The molecular weight excluding hydrogens is 210 g/mol. The van der Waals surface area contributed by atoms with Gasteiger partial charge in [-0.05, 0) is 18.9 Å². The fourth-order valence-corrected chi connectivity index (χ4v) is 1.69. The molecule has 5 heteroatoms. The Labute approximate surface area is 93.6 Å². The standard InChI is InChI=1S/C11H13NO4/c1-15-9(13)8(7-12)6-11(4-3-5-11)10(14)16-2/h6H,3-5H2,1-2H3. The zero-order valence-electron chi connectivity index (χ0n) is 9.28. The lowest BCUT2D eigenvalue weighted by molar-refractivity contribution is -0.154. The number of nitriles is 1. The van der Waals surface area contributed by atoms with Gasteiger partial charge in [-0.2, -0.15) is 5.26 Å². The summed E-state index contributed by atoms with van der Waals surface area (Å²) < 4.78 is 9.12. The number of nitrogens with zero attached hydrogens (tertiary/aromatic N) is 1. The lowest BCUT2D eigenvalue weighted by atomic mass is 9.68. The average molecular weight is 223 g/mol. The van der Waals surface area contributed by atoms with E-state index in [0.29, 0.717) is 12.8 Å². The van der Waals surface area contributed by atoms with Gasteiger partial charge in [0.25, 0.3) is 0 Å². The quantitative estimate of drug-likeness (QED) is 0.404. The summed E-state index contributed by atoms with van der Waals surface area (Å²) in [6, 6.07) is 1.73. The van der Waals surface area contributed by atoms with Crippen molar-refractivity contribution in [2.24, 2.45) is 5.41 Å². The number of ether oxygens (including phenoxy) is 2. The zero-order valence-corrected chi connectivity index (χ0v) is 9.28. The molecule has 1 fully saturated rings. The van der Waals surface area contributed by atoms with Crippen LogP contribution < -0.4 is 0 Å². The molecule has 0 heterocycles. The molecule has 1 aliphatic carbocycles. The highest BCUT2D eigenvalue weighted by Crippen LogP contribution is 2.44. The van der Waals surface area contributed by atoms with Gasteiger partial charge in [-0.1, -0.05) is 6.42 Å². The topological polar surface area (TPSA) is 76.4 Å². The molecule has 0 radical (unpaired) electrons. The number of hydrogen-bond acceptors (Lipinski definition) is 5. The summed E-state index contributed by atoms with van der Waals surface area (Å²) in [5.41, 5.74) is -0.957. The minimum atomic E-state index is -0.812. The van der Waals surface area contributed by atoms with E-state index in [9.17, 15) is 9.59 Å². The van der Waals surface area contributed by atoms with Crippen molar-refractivity contribution < 1.29 is 19.1 Å². The normalized spacial score (nSPS) is 17.9. The maximum Gasteiger partial charge on any atom is 0.348 e. The first-order valence-corrected chi connectivity index (χ1v) is 4.89. The first-order valence-electron chi connectivity index (χ1n) is 4.89. The fourth-order valence-electron chi connectivity index (χ4n) is 1.69. The van der Waals surface area contributed by atoms with Crippen LogP contribution in [0.15, 0.2) is 11.6 Å². The fraction of sp³-hybridized carbons (Fsp3) is 0.545. The minimum absolute atomic E-state index is 0.146. The second-order valence-electron chi connectivity index (χ2n) is 3.66. The van der Waals surface area contributed by atoms with E-state index in [4.69, 9.17) is 5.26 Å². The lowest BCUT2D eigenvalue weighted by Crippen LogP contribution is -2.37. The molecule has 0 aromatic rings. The second-order valence-corrected chi connectivity index (χ2v) is 3.66. The summed E-state index contributed by atoms with van der Waals surface area (Å²) in [5, 5.41) is 8.79. The molecule has 0 spiro atoms. The Bertz CT molecular complexity index is 374. The third-order valence-corrected chi connectivity index (χ3v) is 2.78. The highest BCUT2D eigenvalue weighted by molar-refractivity contribution is 5.94. The molecule has 0 bridgehead atoms. The van der Waals surface area contributed by atoms with E-state index in [0.717, 1.165) is 6.42 Å². The number of rotatable bonds is 3. The van der Waals surface area contributed by atoms with Crippen LogP contribution >= 0.6 is 0 Å². The summed E-state index contributed by atoms with van der Waals surface area (Å²) in [6.07, 6.45) is 3.45. The predicted octanol–water partition coefficient (Wildman–Crippen LogP) is 0.953. The van der Waals surface area contributed by atoms with Crippen molar-refractivity contribution in [2.75, 3.05) is 14.2 Å². The molecule has 1 saturated carbocycles. The van der Waals surface area contributed by atoms with Gasteiger partial charge in [0.1, 0.15) is 11.6 Å². The molecule has 86 valence electrons. The van der Waals surface area contributed by atoms with Crippen molar-refractivity contribution in [1.82, 2.24) is 0 Å². The molecule has 16 heavy (non-hydrogen) atoms. The van der Waals surface area contributed by atoms with Gasteiger partial charge in [0, 0.05) is 0 Å². The van der Waals surface area contributed by atoms with E-state index < -0.39 is 17.4 Å². The number of carbonyl (C=O) groups is 2. The Morgan fingerprint density at radius 3 is 2.25 bits per heavy atom. The first kappa shape index (κ1) is 12.2. The second kappa shape index (κ2) is 4.79. The Hall–Kier alpha value is -1.83. The van der Waals surface area contributed by atoms with Gasteiger partial charge in [0.05, 0.1) is 19.6 Å². The monoisotopic (exact) mass is 223 g/mol. The van der Waals surface area contributed by atoms with Gasteiger partial charge < -0.3 is 9.47 Å². The Morgan fingerprint density at radius 1 is 1.31 bits per heavy atom. The molecule has 0 aromatic heterocycles. The van der Waals surface area contributed by atoms with Crippen LogP contribution in [-0.4, -0.2) is 26.2 Å². The number of carbonyl (C=O) groups excluding carboxylic acids is 2. The summed E-state index contributed by atoms with van der Waals surface area (Å²) >= 11 is 0. The number of hydrogen-bond donors (Lipinski definition) is 0. The van der Waals surface area contributed by atoms with E-state index in [-0.39, 0.29) is 5.57 Å². The summed E-state index contributed by atoms with van der Waals surface area (Å²) in [5.74, 6) is -1.13. The van der Waals surface area contributed by atoms with Gasteiger partial charge in [0.2, 0.25) is 0 Å². The van der Waals surface area contributed by atoms with E-state index in [1.54, 1.807) is 6.07 Å². The summed E-state index contributed by atoms with van der Waals surface area (Å²) in [4.78, 5) is 22.8. The Balaban J connectivity index is 2.98. The smallest absolute Gasteiger partial charge is 0.348 e. The van der Waals surface area contributed by atoms with Gasteiger partial charge in [-0.3, -0.25) is 4.79 Å². The highest BCUT2D eigenvalue weighted by Gasteiger charge is 2.44. The van der Waals surface area contributed by atoms with E-state index in [1.807, 2.05) is 0 Å². The molecule has 0 aromatic carbocycles. The van der Waals surface area contributed by atoms with Crippen LogP contribution in [0.1, 0.15) is 19.3 Å². The molecule has 0 saturated heterocycles. The van der Waals surface area contributed by atoms with E-state index in [1.165, 1.54) is 20.3 Å². The highest BCUT2D eigenvalue weighted by atomic mass is 16.5. The number of esters is 2. The van der Waals surface area contributed by atoms with Gasteiger partial charge in [-0.15, -0.1) is 0 Å². The molecule has 1 rings (SSSR count). The molecule has 0 unspecified atom stereocenters. The summed E-state index contributed by atoms with van der Waals surface area (Å²) in [7, 11) is 2.49. The van der Waals surface area contributed by atoms with Gasteiger partial charge in [-0.25, -0.2) is 4.79 Å². The number of methoxy groups -OCH3 is 2. The molecule has 0 amide bonds. The molecule has 1 aliphatic rings. The molecule has 5 nitrogen and oxygen atoms in total. The summed E-state index contributed by atoms with van der Waals surface area (Å²) in [6.45, 7) is 0. The minimum Gasteiger partial charge on any atom is -0.468 e. The van der Waals surface area contributed by atoms with Crippen molar-refractivity contribution in [1.29, 1.82) is 5.26 Å². The van der Waals surface area contributed by atoms with Gasteiger partial charge >= 0.3 is 11.9 Å². The molecule has 0 aliphatic heterocycles. The maximum atomic E-state index is 11.6. The Morgan fingerprint density at radius 2 is 1.94 bits per heavy atom. The third-order valence-electron chi connectivity index (χ3n) is 2.78. The Kier molecular flexibility index (Phi) is 3.67. The molecule has 0 atom stereocenters.